The number of hydrogen-bond donors (Lipinski definition) is 1. The van der Waals surface area contributed by atoms with Gasteiger partial charge in [0.05, 0.1) is 12.0 Å². The zero-order valence-corrected chi connectivity index (χ0v) is 12.5. The monoisotopic (exact) mass is 264 g/mol. The smallest absolute Gasteiger partial charge is 0.270 e. The fourth-order valence-corrected chi connectivity index (χ4v) is 2.61. The summed E-state index contributed by atoms with van der Waals surface area (Å²) < 4.78 is 1.78. The molecule has 2 heterocycles. The van der Waals surface area contributed by atoms with Crippen LogP contribution in [0.2, 0.25) is 0 Å². The van der Waals surface area contributed by atoms with Gasteiger partial charge in [0, 0.05) is 31.7 Å². The van der Waals surface area contributed by atoms with Gasteiger partial charge in [-0.15, -0.1) is 0 Å². The van der Waals surface area contributed by atoms with E-state index in [2.05, 4.69) is 36.0 Å². The number of aromatic nitrogens is 2. The molecule has 1 aliphatic heterocycles. The number of nitrogens with one attached hydrogen (secondary N) is 1. The second-order valence-corrected chi connectivity index (χ2v) is 6.37. The average molecular weight is 264 g/mol. The van der Waals surface area contributed by atoms with Crippen LogP contribution in [0.5, 0.6) is 0 Å². The predicted molar refractivity (Wildman–Crippen MR) is 75.1 cm³/mol. The number of aryl methyl sites for hydroxylation is 2. The Kier molecular flexibility index (Phi) is 3.67. The Balaban J connectivity index is 1.98. The molecule has 0 spiro atoms. The van der Waals surface area contributed by atoms with E-state index in [1.165, 1.54) is 0 Å². The molecule has 0 saturated carbocycles. The van der Waals surface area contributed by atoms with Crippen LogP contribution in [-0.4, -0.2) is 45.0 Å². The lowest BCUT2D eigenvalue weighted by molar-refractivity contribution is 0.0923. The van der Waals surface area contributed by atoms with E-state index >= 15 is 0 Å². The minimum atomic E-state index is -0.0155. The zero-order chi connectivity index (χ0) is 14.2. The van der Waals surface area contributed by atoms with Crippen molar-refractivity contribution < 1.29 is 4.79 Å². The maximum Gasteiger partial charge on any atom is 0.270 e. The lowest BCUT2D eigenvalue weighted by Crippen LogP contribution is -2.43. The number of rotatable bonds is 2. The van der Waals surface area contributed by atoms with Crippen LogP contribution in [-0.2, 0) is 7.05 Å². The topological polar surface area (TPSA) is 50.2 Å². The molecule has 1 atom stereocenters. The number of carbonyl (C=O) groups is 1. The maximum absolute atomic E-state index is 12.3. The molecule has 0 aliphatic carbocycles. The van der Waals surface area contributed by atoms with Crippen LogP contribution < -0.4 is 5.32 Å². The van der Waals surface area contributed by atoms with Gasteiger partial charge in [-0.3, -0.25) is 9.69 Å². The molecule has 1 fully saturated rings. The highest BCUT2D eigenvalue weighted by Crippen LogP contribution is 2.20. The van der Waals surface area contributed by atoms with E-state index in [0.29, 0.717) is 5.69 Å². The molecular weight excluding hydrogens is 240 g/mol. The van der Waals surface area contributed by atoms with Gasteiger partial charge in [-0.05, 0) is 34.1 Å². The Morgan fingerprint density at radius 2 is 2.16 bits per heavy atom. The zero-order valence-electron chi connectivity index (χ0n) is 12.5. The summed E-state index contributed by atoms with van der Waals surface area (Å²) in [4.78, 5) is 18.8. The van der Waals surface area contributed by atoms with Crippen LogP contribution in [0, 0.1) is 6.92 Å². The van der Waals surface area contributed by atoms with Gasteiger partial charge in [-0.1, -0.05) is 0 Å². The molecule has 2 rings (SSSR count). The summed E-state index contributed by atoms with van der Waals surface area (Å²) in [6, 6.07) is 0.237. The highest BCUT2D eigenvalue weighted by atomic mass is 16.2. The quantitative estimate of drug-likeness (QED) is 0.877. The molecule has 1 amide bonds. The van der Waals surface area contributed by atoms with Crippen LogP contribution in [0.15, 0.2) is 6.33 Å². The number of hydrogen-bond acceptors (Lipinski definition) is 3. The van der Waals surface area contributed by atoms with Crippen LogP contribution in [0.3, 0.4) is 0 Å². The Labute approximate surface area is 115 Å². The summed E-state index contributed by atoms with van der Waals surface area (Å²) >= 11 is 0. The molecule has 106 valence electrons. The van der Waals surface area contributed by atoms with Crippen LogP contribution in [0.25, 0.3) is 0 Å². The van der Waals surface area contributed by atoms with E-state index in [-0.39, 0.29) is 17.5 Å². The van der Waals surface area contributed by atoms with E-state index in [1.54, 1.807) is 10.9 Å². The van der Waals surface area contributed by atoms with Gasteiger partial charge < -0.3 is 9.88 Å². The molecule has 5 nitrogen and oxygen atoms in total. The second kappa shape index (κ2) is 4.96. The molecular formula is C14H24N4O. The van der Waals surface area contributed by atoms with Crippen molar-refractivity contribution in [3.63, 3.8) is 0 Å². The van der Waals surface area contributed by atoms with Crippen molar-refractivity contribution >= 4 is 5.91 Å². The molecule has 19 heavy (non-hydrogen) atoms. The first-order chi connectivity index (χ1) is 8.79. The Hall–Kier alpha value is -1.36. The molecule has 0 unspecified atom stereocenters. The molecule has 1 N–H and O–H groups in total. The molecule has 1 aromatic heterocycles. The van der Waals surface area contributed by atoms with Gasteiger partial charge in [0.1, 0.15) is 5.69 Å². The fourth-order valence-electron chi connectivity index (χ4n) is 2.61. The van der Waals surface area contributed by atoms with Gasteiger partial charge >= 0.3 is 0 Å². The van der Waals surface area contributed by atoms with Gasteiger partial charge in [0.2, 0.25) is 0 Å². The van der Waals surface area contributed by atoms with Gasteiger partial charge in [0.15, 0.2) is 0 Å². The second-order valence-electron chi connectivity index (χ2n) is 6.37. The SMILES string of the molecule is Cc1ncn(C)c1C(=O)N[C@@H]1CCN(C(C)(C)C)C1. The van der Waals surface area contributed by atoms with E-state index < -0.39 is 0 Å². The number of carbonyl (C=O) groups excluding carboxylic acids is 1. The first kappa shape index (κ1) is 14.1. The minimum absolute atomic E-state index is 0.0155. The molecule has 1 aromatic rings. The van der Waals surface area contributed by atoms with Crippen molar-refractivity contribution in [1.29, 1.82) is 0 Å². The van der Waals surface area contributed by atoms with Gasteiger partial charge in [0.25, 0.3) is 5.91 Å². The van der Waals surface area contributed by atoms with Crippen molar-refractivity contribution in [2.75, 3.05) is 13.1 Å². The summed E-state index contributed by atoms with van der Waals surface area (Å²) in [6.45, 7) is 10.5. The predicted octanol–water partition coefficient (Wildman–Crippen LogP) is 1.33. The number of likely N-dealkylation sites (tertiary alicyclic amines) is 1. The Morgan fingerprint density at radius 1 is 1.47 bits per heavy atom. The lowest BCUT2D eigenvalue weighted by Gasteiger charge is -2.31. The van der Waals surface area contributed by atoms with Gasteiger partial charge in [-0.2, -0.15) is 0 Å². The van der Waals surface area contributed by atoms with E-state index in [4.69, 9.17) is 0 Å². The standard InChI is InChI=1S/C14H24N4O/c1-10-12(17(5)9-15-10)13(19)16-11-6-7-18(8-11)14(2,3)4/h9,11H,6-8H2,1-5H3,(H,16,19)/t11-/m1/s1. The first-order valence-corrected chi connectivity index (χ1v) is 6.83. The fraction of sp³-hybridized carbons (Fsp3) is 0.714. The molecule has 1 saturated heterocycles. The van der Waals surface area contributed by atoms with Crippen molar-refractivity contribution in [3.05, 3.63) is 17.7 Å². The number of imidazole rings is 1. The number of nitrogens with zero attached hydrogens (tertiary/aromatic N) is 3. The van der Waals surface area contributed by atoms with Crippen molar-refractivity contribution in [2.24, 2.45) is 7.05 Å². The maximum atomic E-state index is 12.3. The number of amides is 1. The van der Waals surface area contributed by atoms with Crippen LogP contribution in [0.1, 0.15) is 43.4 Å². The molecule has 0 aromatic carbocycles. The Morgan fingerprint density at radius 3 is 2.63 bits per heavy atom. The Bertz CT molecular complexity index is 453. The van der Waals surface area contributed by atoms with Crippen molar-refractivity contribution in [1.82, 2.24) is 19.8 Å². The van der Waals surface area contributed by atoms with E-state index in [0.717, 1.165) is 25.2 Å². The van der Waals surface area contributed by atoms with Crippen LogP contribution in [0.4, 0.5) is 0 Å². The van der Waals surface area contributed by atoms with Crippen LogP contribution >= 0.6 is 0 Å². The third-order valence-electron chi connectivity index (χ3n) is 3.81. The van der Waals surface area contributed by atoms with Crippen molar-refractivity contribution in [2.45, 2.75) is 45.7 Å². The third kappa shape index (κ3) is 2.97. The first-order valence-electron chi connectivity index (χ1n) is 6.83. The van der Waals surface area contributed by atoms with Crippen molar-refractivity contribution in [3.8, 4) is 0 Å². The normalized spacial score (nSPS) is 20.8. The largest absolute Gasteiger partial charge is 0.347 e. The van der Waals surface area contributed by atoms with E-state index in [9.17, 15) is 4.79 Å². The summed E-state index contributed by atoms with van der Waals surface area (Å²) in [7, 11) is 1.85. The molecule has 5 heteroatoms. The summed E-state index contributed by atoms with van der Waals surface area (Å²) in [5.41, 5.74) is 1.61. The van der Waals surface area contributed by atoms with E-state index in [1.807, 2.05) is 14.0 Å². The molecule has 0 radical (unpaired) electrons. The highest BCUT2D eigenvalue weighted by molar-refractivity contribution is 5.93. The lowest BCUT2D eigenvalue weighted by atomic mass is 10.1. The molecule has 0 bridgehead atoms. The summed E-state index contributed by atoms with van der Waals surface area (Å²) in [5.74, 6) is -0.0155. The van der Waals surface area contributed by atoms with Gasteiger partial charge in [-0.25, -0.2) is 4.98 Å². The summed E-state index contributed by atoms with van der Waals surface area (Å²) in [6.07, 6.45) is 2.69. The molecule has 1 aliphatic rings. The average Bonchev–Trinajstić information content (AvgIpc) is 2.85. The highest BCUT2D eigenvalue weighted by Gasteiger charge is 2.31. The minimum Gasteiger partial charge on any atom is -0.347 e. The third-order valence-corrected chi connectivity index (χ3v) is 3.81. The summed E-state index contributed by atoms with van der Waals surface area (Å²) in [5, 5.41) is 3.12.